The molecule has 5 nitrogen and oxygen atoms in total. The van der Waals surface area contributed by atoms with Crippen molar-refractivity contribution < 1.29 is 27.1 Å². The van der Waals surface area contributed by atoms with Gasteiger partial charge in [-0.15, -0.1) is 0 Å². The van der Waals surface area contributed by atoms with Crippen LogP contribution in [0.5, 0.6) is 0 Å². The summed E-state index contributed by atoms with van der Waals surface area (Å²) in [6, 6.07) is 13.7. The van der Waals surface area contributed by atoms with Gasteiger partial charge in [0.05, 0.1) is 29.5 Å². The van der Waals surface area contributed by atoms with Gasteiger partial charge in [-0.05, 0) is 41.5 Å². The molecule has 1 saturated heterocycles. The molecule has 10 heteroatoms. The fourth-order valence-electron chi connectivity index (χ4n) is 4.08. The Kier molecular flexibility index (Phi) is 7.28. The number of carbonyl (C=O) groups is 1. The standard InChI is InChI=1S/C25H22ClF4N3O2/c26-20-6-7-22(31-16-20)24(15-17-4-2-1-3-5-17,32-23(34)33-8-10-35-11-9-33)18-12-19(25(28,29)30)14-21(27)13-18/h1-7,12-14,16H,8-11,15H2,(H,32,34)/t24-/m0/s1. The molecule has 0 bridgehead atoms. The number of hydrogen-bond donors (Lipinski definition) is 1. The molecule has 1 N–H and O–H groups in total. The number of halogens is 5. The van der Waals surface area contributed by atoms with Gasteiger partial charge in [-0.3, -0.25) is 4.98 Å². The minimum absolute atomic E-state index is 0.0132. The van der Waals surface area contributed by atoms with E-state index in [2.05, 4.69) is 10.3 Å². The molecule has 2 amide bonds. The van der Waals surface area contributed by atoms with E-state index < -0.39 is 29.1 Å². The van der Waals surface area contributed by atoms with Gasteiger partial charge in [-0.1, -0.05) is 41.9 Å². The van der Waals surface area contributed by atoms with Gasteiger partial charge in [0.1, 0.15) is 11.4 Å². The first-order valence-electron chi connectivity index (χ1n) is 10.9. The van der Waals surface area contributed by atoms with E-state index in [9.17, 15) is 22.4 Å². The van der Waals surface area contributed by atoms with E-state index in [0.717, 1.165) is 12.1 Å². The van der Waals surface area contributed by atoms with Crippen LogP contribution in [0.15, 0.2) is 66.9 Å². The zero-order valence-electron chi connectivity index (χ0n) is 18.5. The number of nitrogens with one attached hydrogen (secondary N) is 1. The second-order valence-electron chi connectivity index (χ2n) is 8.19. The van der Waals surface area contributed by atoms with Crippen molar-refractivity contribution in [2.45, 2.75) is 18.1 Å². The van der Waals surface area contributed by atoms with Crippen LogP contribution < -0.4 is 5.32 Å². The van der Waals surface area contributed by atoms with Crippen molar-refractivity contribution >= 4 is 17.6 Å². The molecule has 1 aromatic heterocycles. The van der Waals surface area contributed by atoms with Gasteiger partial charge in [-0.25, -0.2) is 9.18 Å². The summed E-state index contributed by atoms with van der Waals surface area (Å²) in [6.07, 6.45) is -3.45. The topological polar surface area (TPSA) is 54.5 Å². The fraction of sp³-hybridized carbons (Fsp3) is 0.280. The molecule has 4 rings (SSSR count). The van der Waals surface area contributed by atoms with Crippen LogP contribution in [0.3, 0.4) is 0 Å². The predicted molar refractivity (Wildman–Crippen MR) is 122 cm³/mol. The van der Waals surface area contributed by atoms with Gasteiger partial charge in [0.25, 0.3) is 0 Å². The lowest BCUT2D eigenvalue weighted by atomic mass is 9.79. The van der Waals surface area contributed by atoms with Crippen LogP contribution in [-0.4, -0.2) is 42.2 Å². The second-order valence-corrected chi connectivity index (χ2v) is 8.62. The number of hydrogen-bond acceptors (Lipinski definition) is 3. The number of ether oxygens (including phenoxy) is 1. The predicted octanol–water partition coefficient (Wildman–Crippen LogP) is 5.42. The highest BCUT2D eigenvalue weighted by molar-refractivity contribution is 6.30. The molecule has 0 aliphatic carbocycles. The Morgan fingerprint density at radius 1 is 1.03 bits per heavy atom. The third-order valence-corrected chi connectivity index (χ3v) is 6.04. The van der Waals surface area contributed by atoms with Crippen molar-refractivity contribution in [2.24, 2.45) is 0 Å². The monoisotopic (exact) mass is 507 g/mol. The number of alkyl halides is 3. The van der Waals surface area contributed by atoms with Crippen LogP contribution in [-0.2, 0) is 22.9 Å². The summed E-state index contributed by atoms with van der Waals surface area (Å²) in [5, 5.41) is 3.20. The molecule has 0 unspecified atom stereocenters. The zero-order valence-corrected chi connectivity index (χ0v) is 19.2. The van der Waals surface area contributed by atoms with E-state index in [4.69, 9.17) is 16.3 Å². The number of benzene rings is 2. The number of rotatable bonds is 5. The summed E-state index contributed by atoms with van der Waals surface area (Å²) < 4.78 is 60.9. The summed E-state index contributed by atoms with van der Waals surface area (Å²) in [6.45, 7) is 1.27. The number of nitrogens with zero attached hydrogens (tertiary/aromatic N) is 2. The van der Waals surface area contributed by atoms with Gasteiger partial charge in [0.15, 0.2) is 0 Å². The summed E-state index contributed by atoms with van der Waals surface area (Å²) in [7, 11) is 0. The number of carbonyl (C=O) groups excluding carboxylic acids is 1. The molecule has 1 aliphatic heterocycles. The van der Waals surface area contributed by atoms with E-state index in [1.807, 2.05) is 0 Å². The minimum Gasteiger partial charge on any atom is -0.378 e. The Balaban J connectivity index is 1.92. The third kappa shape index (κ3) is 5.74. The molecule has 0 saturated carbocycles. The van der Waals surface area contributed by atoms with Gasteiger partial charge < -0.3 is 15.0 Å². The Labute approximate surface area is 204 Å². The van der Waals surface area contributed by atoms with Crippen molar-refractivity contribution in [2.75, 3.05) is 26.3 Å². The molecule has 1 atom stereocenters. The van der Waals surface area contributed by atoms with E-state index in [1.54, 1.807) is 30.3 Å². The highest BCUT2D eigenvalue weighted by atomic mass is 35.5. The lowest BCUT2D eigenvalue weighted by molar-refractivity contribution is -0.137. The Bertz CT molecular complexity index is 1170. The smallest absolute Gasteiger partial charge is 0.378 e. The van der Waals surface area contributed by atoms with Crippen molar-refractivity contribution in [1.82, 2.24) is 15.2 Å². The molecule has 0 spiro atoms. The van der Waals surface area contributed by atoms with Crippen molar-refractivity contribution in [3.63, 3.8) is 0 Å². The fourth-order valence-corrected chi connectivity index (χ4v) is 4.19. The summed E-state index contributed by atoms with van der Waals surface area (Å²) in [4.78, 5) is 19.2. The third-order valence-electron chi connectivity index (χ3n) is 5.81. The first-order valence-corrected chi connectivity index (χ1v) is 11.2. The quantitative estimate of drug-likeness (QED) is 0.469. The van der Waals surface area contributed by atoms with E-state index in [-0.39, 0.29) is 17.7 Å². The van der Waals surface area contributed by atoms with Crippen molar-refractivity contribution in [3.05, 3.63) is 100 Å². The molecule has 35 heavy (non-hydrogen) atoms. The van der Waals surface area contributed by atoms with Crippen molar-refractivity contribution in [1.29, 1.82) is 0 Å². The van der Waals surface area contributed by atoms with Crippen LogP contribution in [0.2, 0.25) is 5.02 Å². The van der Waals surface area contributed by atoms with Crippen LogP contribution in [0, 0.1) is 5.82 Å². The number of aromatic nitrogens is 1. The largest absolute Gasteiger partial charge is 0.416 e. The molecule has 1 fully saturated rings. The highest BCUT2D eigenvalue weighted by Gasteiger charge is 2.41. The van der Waals surface area contributed by atoms with Gasteiger partial charge >= 0.3 is 12.2 Å². The lowest BCUT2D eigenvalue weighted by Gasteiger charge is -2.38. The molecule has 184 valence electrons. The maximum Gasteiger partial charge on any atom is 0.416 e. The molecule has 3 aromatic rings. The highest BCUT2D eigenvalue weighted by Crippen LogP contribution is 2.38. The maximum atomic E-state index is 14.6. The van der Waals surface area contributed by atoms with Crippen LogP contribution in [0.4, 0.5) is 22.4 Å². The maximum absolute atomic E-state index is 14.6. The Hall–Kier alpha value is -3.17. The Morgan fingerprint density at radius 3 is 2.34 bits per heavy atom. The molecule has 1 aliphatic rings. The molecule has 2 aromatic carbocycles. The van der Waals surface area contributed by atoms with Gasteiger partial charge in [-0.2, -0.15) is 13.2 Å². The van der Waals surface area contributed by atoms with Crippen LogP contribution in [0.25, 0.3) is 0 Å². The Morgan fingerprint density at radius 2 is 1.71 bits per heavy atom. The second kappa shape index (κ2) is 10.2. The number of amides is 2. The van der Waals surface area contributed by atoms with Crippen LogP contribution >= 0.6 is 11.6 Å². The molecule has 2 heterocycles. The SMILES string of the molecule is O=C(N[C@@](Cc1ccccc1)(c1cc(F)cc(C(F)(F)F)c1)c1ccc(Cl)cn1)N1CCOCC1. The number of pyridine rings is 1. The van der Waals surface area contributed by atoms with E-state index >= 15 is 0 Å². The van der Waals surface area contributed by atoms with E-state index in [1.165, 1.54) is 23.2 Å². The molecule has 0 radical (unpaired) electrons. The molecular weight excluding hydrogens is 486 g/mol. The first-order chi connectivity index (χ1) is 16.7. The molecular formula is C25H22ClF4N3O2. The zero-order chi connectivity index (χ0) is 25.1. The summed E-state index contributed by atoms with van der Waals surface area (Å²) >= 11 is 6.03. The normalized spacial score (nSPS) is 16.0. The summed E-state index contributed by atoms with van der Waals surface area (Å²) in [5.41, 5.74) is -1.98. The van der Waals surface area contributed by atoms with Crippen molar-refractivity contribution in [3.8, 4) is 0 Å². The average Bonchev–Trinajstić information content (AvgIpc) is 2.84. The minimum atomic E-state index is -4.79. The average molecular weight is 508 g/mol. The summed E-state index contributed by atoms with van der Waals surface area (Å²) in [5.74, 6) is -1.08. The van der Waals surface area contributed by atoms with Crippen LogP contribution in [0.1, 0.15) is 22.4 Å². The lowest BCUT2D eigenvalue weighted by Crippen LogP contribution is -2.55. The number of morpholine rings is 1. The number of urea groups is 1. The van der Waals surface area contributed by atoms with E-state index in [0.29, 0.717) is 43.0 Å². The van der Waals surface area contributed by atoms with Gasteiger partial charge in [0, 0.05) is 25.7 Å². The first kappa shape index (κ1) is 24.9. The van der Waals surface area contributed by atoms with Gasteiger partial charge in [0.2, 0.25) is 0 Å².